The Kier molecular flexibility index (Phi) is 3.08. The lowest BCUT2D eigenvalue weighted by atomic mass is 10.1. The minimum absolute atomic E-state index is 0.221. The minimum atomic E-state index is 0.221. The molecule has 2 aromatic heterocycles. The topological polar surface area (TPSA) is 61.3 Å². The van der Waals surface area contributed by atoms with Crippen LogP contribution in [0.15, 0.2) is 70.0 Å². The SMILES string of the molecule is c1ccc2c(OCc3nc(-c4ccoc4)no3)cccc2c1. The zero-order valence-corrected chi connectivity index (χ0v) is 11.6. The molecule has 0 atom stereocenters. The Balaban J connectivity index is 1.55. The summed E-state index contributed by atoms with van der Waals surface area (Å²) in [7, 11) is 0. The molecule has 108 valence electrons. The van der Waals surface area contributed by atoms with Crippen LogP contribution < -0.4 is 4.74 Å². The van der Waals surface area contributed by atoms with E-state index in [1.165, 1.54) is 0 Å². The van der Waals surface area contributed by atoms with Crippen molar-refractivity contribution in [1.82, 2.24) is 10.1 Å². The Hall–Kier alpha value is -3.08. The van der Waals surface area contributed by atoms with Gasteiger partial charge in [0.1, 0.15) is 12.0 Å². The third-order valence-electron chi connectivity index (χ3n) is 3.35. The van der Waals surface area contributed by atoms with Crippen LogP contribution in [0.2, 0.25) is 0 Å². The monoisotopic (exact) mass is 292 g/mol. The fraction of sp³-hybridized carbons (Fsp3) is 0.0588. The summed E-state index contributed by atoms with van der Waals surface area (Å²) in [6.07, 6.45) is 3.14. The van der Waals surface area contributed by atoms with Crippen LogP contribution in [0.3, 0.4) is 0 Å². The smallest absolute Gasteiger partial charge is 0.264 e. The molecular formula is C17H12N2O3. The van der Waals surface area contributed by atoms with Crippen molar-refractivity contribution in [1.29, 1.82) is 0 Å². The quantitative estimate of drug-likeness (QED) is 0.567. The number of hydrogen-bond acceptors (Lipinski definition) is 5. The molecule has 4 aromatic rings. The molecule has 0 saturated carbocycles. The van der Waals surface area contributed by atoms with Gasteiger partial charge in [0.15, 0.2) is 6.61 Å². The van der Waals surface area contributed by atoms with Crippen LogP contribution in [0.4, 0.5) is 0 Å². The number of aromatic nitrogens is 2. The standard InChI is InChI=1S/C17H12N2O3/c1-2-6-14-12(4-1)5-3-7-15(14)21-11-16-18-17(19-22-16)13-8-9-20-10-13/h1-10H,11H2. The van der Waals surface area contributed by atoms with Crippen LogP contribution in [0.25, 0.3) is 22.2 Å². The van der Waals surface area contributed by atoms with E-state index in [0.29, 0.717) is 11.7 Å². The van der Waals surface area contributed by atoms with Gasteiger partial charge in [-0.2, -0.15) is 4.98 Å². The summed E-state index contributed by atoms with van der Waals surface area (Å²) in [5, 5.41) is 6.09. The van der Waals surface area contributed by atoms with E-state index in [1.54, 1.807) is 18.6 Å². The lowest BCUT2D eigenvalue weighted by Gasteiger charge is -2.06. The molecule has 0 radical (unpaired) electrons. The molecule has 5 heteroatoms. The highest BCUT2D eigenvalue weighted by molar-refractivity contribution is 5.88. The molecule has 4 rings (SSSR count). The first kappa shape index (κ1) is 12.6. The summed E-state index contributed by atoms with van der Waals surface area (Å²) >= 11 is 0. The first-order chi connectivity index (χ1) is 10.9. The second kappa shape index (κ2) is 5.37. The molecule has 5 nitrogen and oxygen atoms in total. The Labute approximate surface area is 126 Å². The zero-order valence-electron chi connectivity index (χ0n) is 11.6. The van der Waals surface area contributed by atoms with Gasteiger partial charge < -0.3 is 13.7 Å². The molecular weight excluding hydrogens is 280 g/mol. The Morgan fingerprint density at radius 1 is 1.00 bits per heavy atom. The molecule has 0 aliphatic rings. The van der Waals surface area contributed by atoms with E-state index >= 15 is 0 Å². The van der Waals surface area contributed by atoms with E-state index in [1.807, 2.05) is 42.5 Å². The molecule has 2 heterocycles. The maximum atomic E-state index is 5.82. The number of hydrogen-bond donors (Lipinski definition) is 0. The third kappa shape index (κ3) is 2.33. The van der Waals surface area contributed by atoms with Crippen LogP contribution in [0.1, 0.15) is 5.89 Å². The molecule has 0 aliphatic carbocycles. The summed E-state index contributed by atoms with van der Waals surface area (Å²) in [5.41, 5.74) is 0.778. The number of fused-ring (bicyclic) bond motifs is 1. The van der Waals surface area contributed by atoms with Crippen molar-refractivity contribution in [3.63, 3.8) is 0 Å². The Bertz CT molecular complexity index is 892. The number of benzene rings is 2. The van der Waals surface area contributed by atoms with Crippen molar-refractivity contribution in [3.05, 3.63) is 66.9 Å². The summed E-state index contributed by atoms with van der Waals surface area (Å²) in [6, 6.07) is 15.8. The fourth-order valence-electron chi connectivity index (χ4n) is 2.28. The van der Waals surface area contributed by atoms with Crippen molar-refractivity contribution in [2.45, 2.75) is 6.61 Å². The molecule has 0 unspecified atom stereocenters. The highest BCUT2D eigenvalue weighted by atomic mass is 16.5. The van der Waals surface area contributed by atoms with Crippen molar-refractivity contribution in [2.24, 2.45) is 0 Å². The van der Waals surface area contributed by atoms with Crippen molar-refractivity contribution in [3.8, 4) is 17.1 Å². The first-order valence-corrected chi connectivity index (χ1v) is 6.86. The molecule has 0 amide bonds. The maximum Gasteiger partial charge on any atom is 0.264 e. The number of rotatable bonds is 4. The summed E-state index contributed by atoms with van der Waals surface area (Å²) < 4.78 is 16.0. The van der Waals surface area contributed by atoms with Crippen LogP contribution in [0.5, 0.6) is 5.75 Å². The average Bonchev–Trinajstić information content (AvgIpc) is 3.24. The number of nitrogens with zero attached hydrogens (tertiary/aromatic N) is 2. The minimum Gasteiger partial charge on any atom is -0.483 e. The molecule has 0 aliphatic heterocycles. The van der Waals surface area contributed by atoms with Crippen molar-refractivity contribution < 1.29 is 13.7 Å². The van der Waals surface area contributed by atoms with Crippen LogP contribution >= 0.6 is 0 Å². The van der Waals surface area contributed by atoms with Gasteiger partial charge in [-0.15, -0.1) is 0 Å². The molecule has 0 N–H and O–H groups in total. The van der Waals surface area contributed by atoms with E-state index in [2.05, 4.69) is 10.1 Å². The fourth-order valence-corrected chi connectivity index (χ4v) is 2.28. The van der Waals surface area contributed by atoms with Gasteiger partial charge in [0.05, 0.1) is 11.8 Å². The van der Waals surface area contributed by atoms with Gasteiger partial charge in [0.25, 0.3) is 5.89 Å². The third-order valence-corrected chi connectivity index (χ3v) is 3.35. The van der Waals surface area contributed by atoms with Crippen LogP contribution in [0, 0.1) is 0 Å². The predicted octanol–water partition coefficient (Wildman–Crippen LogP) is 4.06. The van der Waals surface area contributed by atoms with Gasteiger partial charge in [-0.05, 0) is 17.5 Å². The van der Waals surface area contributed by atoms with Gasteiger partial charge in [-0.3, -0.25) is 0 Å². The van der Waals surface area contributed by atoms with E-state index < -0.39 is 0 Å². The van der Waals surface area contributed by atoms with E-state index in [9.17, 15) is 0 Å². The second-order valence-corrected chi connectivity index (χ2v) is 4.79. The molecule has 0 fully saturated rings. The van der Waals surface area contributed by atoms with E-state index in [4.69, 9.17) is 13.7 Å². The lowest BCUT2D eigenvalue weighted by Crippen LogP contribution is -1.96. The van der Waals surface area contributed by atoms with Gasteiger partial charge in [0.2, 0.25) is 5.82 Å². The number of ether oxygens (including phenoxy) is 1. The highest BCUT2D eigenvalue weighted by Crippen LogP contribution is 2.26. The largest absolute Gasteiger partial charge is 0.483 e. The molecule has 0 spiro atoms. The van der Waals surface area contributed by atoms with E-state index in [0.717, 1.165) is 22.1 Å². The summed E-state index contributed by atoms with van der Waals surface area (Å²) in [5.74, 6) is 1.70. The van der Waals surface area contributed by atoms with Crippen molar-refractivity contribution >= 4 is 10.8 Å². The Morgan fingerprint density at radius 2 is 1.91 bits per heavy atom. The predicted molar refractivity (Wildman–Crippen MR) is 80.3 cm³/mol. The molecule has 2 aromatic carbocycles. The maximum absolute atomic E-state index is 5.82. The van der Waals surface area contributed by atoms with Crippen molar-refractivity contribution in [2.75, 3.05) is 0 Å². The number of furan rings is 1. The van der Waals surface area contributed by atoms with E-state index in [-0.39, 0.29) is 6.61 Å². The molecule has 0 saturated heterocycles. The van der Waals surface area contributed by atoms with Gasteiger partial charge in [0, 0.05) is 5.39 Å². The van der Waals surface area contributed by atoms with Gasteiger partial charge in [-0.25, -0.2) is 0 Å². The Morgan fingerprint density at radius 3 is 2.82 bits per heavy atom. The van der Waals surface area contributed by atoms with Gasteiger partial charge >= 0.3 is 0 Å². The summed E-state index contributed by atoms with van der Waals surface area (Å²) in [4.78, 5) is 4.29. The second-order valence-electron chi connectivity index (χ2n) is 4.79. The lowest BCUT2D eigenvalue weighted by molar-refractivity contribution is 0.245. The van der Waals surface area contributed by atoms with Crippen LogP contribution in [-0.2, 0) is 6.61 Å². The summed E-state index contributed by atoms with van der Waals surface area (Å²) in [6.45, 7) is 0.221. The van der Waals surface area contributed by atoms with Crippen LogP contribution in [-0.4, -0.2) is 10.1 Å². The first-order valence-electron chi connectivity index (χ1n) is 6.86. The normalized spacial score (nSPS) is 10.9. The van der Waals surface area contributed by atoms with Gasteiger partial charge in [-0.1, -0.05) is 41.6 Å². The average molecular weight is 292 g/mol. The zero-order chi connectivity index (χ0) is 14.8. The highest BCUT2D eigenvalue weighted by Gasteiger charge is 2.10. The molecule has 0 bridgehead atoms. The molecule has 22 heavy (non-hydrogen) atoms.